The predicted octanol–water partition coefficient (Wildman–Crippen LogP) is 3.09. The van der Waals surface area contributed by atoms with Gasteiger partial charge in [-0.25, -0.2) is 9.98 Å². The molecule has 1 aliphatic heterocycles. The van der Waals surface area contributed by atoms with E-state index in [0.29, 0.717) is 18.5 Å². The number of piperidine rings is 1. The molecule has 29 heavy (non-hydrogen) atoms. The summed E-state index contributed by atoms with van der Waals surface area (Å²) in [5.74, 6) is 2.37. The largest absolute Gasteiger partial charge is 0.443 e. The summed E-state index contributed by atoms with van der Waals surface area (Å²) in [6, 6.07) is 6.52. The van der Waals surface area contributed by atoms with Gasteiger partial charge in [0.15, 0.2) is 5.96 Å². The maximum atomic E-state index is 5.85. The zero-order chi connectivity index (χ0) is 20.7. The minimum absolute atomic E-state index is 0.0407. The van der Waals surface area contributed by atoms with E-state index in [1.165, 1.54) is 0 Å². The van der Waals surface area contributed by atoms with Crippen molar-refractivity contribution in [2.24, 2.45) is 4.99 Å². The monoisotopic (exact) mass is 398 g/mol. The molecule has 0 unspecified atom stereocenters. The summed E-state index contributed by atoms with van der Waals surface area (Å²) in [6.07, 6.45) is 5.85. The number of aromatic nitrogens is 2. The van der Waals surface area contributed by atoms with Crippen LogP contribution < -0.4 is 10.6 Å². The minimum Gasteiger partial charge on any atom is -0.443 e. The molecule has 1 aliphatic rings. The fourth-order valence-corrected chi connectivity index (χ4v) is 3.35. The standard InChI is InChI=1S/C22H34N6O/c1-5-23-21(26-15-20-25-14-19(29-20)22(2,3)4)27-17-9-12-28(13-10-17)16-18-8-6-7-11-24-18/h6-8,11,14,17H,5,9-10,12-13,15-16H2,1-4H3,(H2,23,26,27). The lowest BCUT2D eigenvalue weighted by Gasteiger charge is -2.32. The molecular weight excluding hydrogens is 364 g/mol. The number of pyridine rings is 1. The maximum Gasteiger partial charge on any atom is 0.216 e. The molecule has 0 saturated carbocycles. The topological polar surface area (TPSA) is 78.6 Å². The lowest BCUT2D eigenvalue weighted by atomic mass is 9.94. The summed E-state index contributed by atoms with van der Waals surface area (Å²) < 4.78 is 5.85. The molecule has 2 N–H and O–H groups in total. The van der Waals surface area contributed by atoms with Crippen molar-refractivity contribution in [3.8, 4) is 0 Å². The molecule has 0 atom stereocenters. The van der Waals surface area contributed by atoms with Crippen LogP contribution in [0.15, 0.2) is 40.0 Å². The van der Waals surface area contributed by atoms with Gasteiger partial charge in [0, 0.05) is 43.8 Å². The van der Waals surface area contributed by atoms with Gasteiger partial charge in [0.1, 0.15) is 12.3 Å². The molecule has 3 heterocycles. The van der Waals surface area contributed by atoms with Crippen molar-refractivity contribution in [1.29, 1.82) is 0 Å². The zero-order valence-electron chi connectivity index (χ0n) is 18.1. The van der Waals surface area contributed by atoms with E-state index < -0.39 is 0 Å². The van der Waals surface area contributed by atoms with Gasteiger partial charge in [0.05, 0.1) is 11.9 Å². The number of rotatable bonds is 6. The van der Waals surface area contributed by atoms with Crippen molar-refractivity contribution in [3.63, 3.8) is 0 Å². The molecule has 1 fully saturated rings. The lowest BCUT2D eigenvalue weighted by molar-refractivity contribution is 0.196. The number of hydrogen-bond donors (Lipinski definition) is 2. The van der Waals surface area contributed by atoms with E-state index in [4.69, 9.17) is 4.42 Å². The molecular formula is C22H34N6O. The van der Waals surface area contributed by atoms with Gasteiger partial charge in [-0.15, -0.1) is 0 Å². The molecule has 0 spiro atoms. The Balaban J connectivity index is 1.50. The molecule has 2 aromatic rings. The van der Waals surface area contributed by atoms with E-state index in [0.717, 1.165) is 56.4 Å². The molecule has 7 heteroatoms. The Kier molecular flexibility index (Phi) is 7.25. The molecule has 3 rings (SSSR count). The Morgan fingerprint density at radius 1 is 1.24 bits per heavy atom. The molecule has 0 bridgehead atoms. The van der Waals surface area contributed by atoms with Gasteiger partial charge in [-0.3, -0.25) is 9.88 Å². The second-order valence-corrected chi connectivity index (χ2v) is 8.58. The van der Waals surface area contributed by atoms with Gasteiger partial charge in [-0.2, -0.15) is 0 Å². The molecule has 0 amide bonds. The van der Waals surface area contributed by atoms with Crippen molar-refractivity contribution in [1.82, 2.24) is 25.5 Å². The van der Waals surface area contributed by atoms with E-state index in [2.05, 4.69) is 64.3 Å². The summed E-state index contributed by atoms with van der Waals surface area (Å²) in [4.78, 5) is 15.9. The van der Waals surface area contributed by atoms with Crippen LogP contribution in [-0.2, 0) is 18.5 Å². The van der Waals surface area contributed by atoms with Crippen LogP contribution in [0, 0.1) is 0 Å². The Hall–Kier alpha value is -2.41. The predicted molar refractivity (Wildman–Crippen MR) is 116 cm³/mol. The fourth-order valence-electron chi connectivity index (χ4n) is 3.35. The van der Waals surface area contributed by atoms with Crippen LogP contribution >= 0.6 is 0 Å². The summed E-state index contributed by atoms with van der Waals surface area (Å²) in [7, 11) is 0. The van der Waals surface area contributed by atoms with Crippen LogP contribution in [0.2, 0.25) is 0 Å². The van der Waals surface area contributed by atoms with Crippen molar-refractivity contribution in [2.75, 3.05) is 19.6 Å². The number of guanidine groups is 1. The van der Waals surface area contributed by atoms with Crippen LogP contribution in [0.3, 0.4) is 0 Å². The van der Waals surface area contributed by atoms with E-state index in [1.54, 1.807) is 0 Å². The molecule has 1 saturated heterocycles. The van der Waals surface area contributed by atoms with Gasteiger partial charge in [-0.05, 0) is 31.9 Å². The summed E-state index contributed by atoms with van der Waals surface area (Å²) in [6.45, 7) is 12.7. The average molecular weight is 399 g/mol. The van der Waals surface area contributed by atoms with Gasteiger partial charge >= 0.3 is 0 Å². The van der Waals surface area contributed by atoms with E-state index in [1.807, 2.05) is 24.5 Å². The smallest absolute Gasteiger partial charge is 0.216 e. The Labute approximate surface area is 174 Å². The quantitative estimate of drug-likeness (QED) is 0.575. The molecule has 2 aromatic heterocycles. The minimum atomic E-state index is -0.0407. The highest BCUT2D eigenvalue weighted by molar-refractivity contribution is 5.80. The van der Waals surface area contributed by atoms with Gasteiger partial charge in [-0.1, -0.05) is 26.8 Å². The van der Waals surface area contributed by atoms with Gasteiger partial charge in [0.2, 0.25) is 5.89 Å². The number of hydrogen-bond acceptors (Lipinski definition) is 5. The normalized spacial score (nSPS) is 16.8. The van der Waals surface area contributed by atoms with Crippen molar-refractivity contribution < 1.29 is 4.42 Å². The Morgan fingerprint density at radius 2 is 2.03 bits per heavy atom. The highest BCUT2D eigenvalue weighted by Crippen LogP contribution is 2.22. The van der Waals surface area contributed by atoms with E-state index >= 15 is 0 Å². The number of nitrogens with zero attached hydrogens (tertiary/aromatic N) is 4. The second kappa shape index (κ2) is 9.87. The third kappa shape index (κ3) is 6.56. The maximum absolute atomic E-state index is 5.85. The third-order valence-electron chi connectivity index (χ3n) is 5.05. The van der Waals surface area contributed by atoms with Crippen molar-refractivity contribution in [3.05, 3.63) is 47.9 Å². The number of nitrogens with one attached hydrogen (secondary N) is 2. The van der Waals surface area contributed by atoms with E-state index in [9.17, 15) is 0 Å². The number of aliphatic imine (C=N–C) groups is 1. The molecule has 7 nitrogen and oxygen atoms in total. The summed E-state index contributed by atoms with van der Waals surface area (Å²) >= 11 is 0. The first-order valence-corrected chi connectivity index (χ1v) is 10.6. The van der Waals surface area contributed by atoms with Crippen LogP contribution in [-0.4, -0.2) is 46.5 Å². The van der Waals surface area contributed by atoms with E-state index in [-0.39, 0.29) is 5.41 Å². The van der Waals surface area contributed by atoms with Crippen LogP contribution in [0.5, 0.6) is 0 Å². The van der Waals surface area contributed by atoms with Crippen LogP contribution in [0.1, 0.15) is 57.9 Å². The van der Waals surface area contributed by atoms with Crippen LogP contribution in [0.25, 0.3) is 0 Å². The van der Waals surface area contributed by atoms with Crippen molar-refractivity contribution >= 4 is 5.96 Å². The zero-order valence-corrected chi connectivity index (χ0v) is 18.1. The number of oxazole rings is 1. The Morgan fingerprint density at radius 3 is 2.66 bits per heavy atom. The third-order valence-corrected chi connectivity index (χ3v) is 5.05. The average Bonchev–Trinajstić information content (AvgIpc) is 3.18. The summed E-state index contributed by atoms with van der Waals surface area (Å²) in [5, 5.41) is 6.91. The Bertz CT molecular complexity index is 772. The van der Waals surface area contributed by atoms with Crippen molar-refractivity contribution in [2.45, 2.75) is 65.1 Å². The number of likely N-dealkylation sites (tertiary alicyclic amines) is 1. The fraction of sp³-hybridized carbons (Fsp3) is 0.591. The first kappa shape index (κ1) is 21.3. The molecule has 158 valence electrons. The second-order valence-electron chi connectivity index (χ2n) is 8.58. The molecule has 0 radical (unpaired) electrons. The first-order valence-electron chi connectivity index (χ1n) is 10.6. The highest BCUT2D eigenvalue weighted by atomic mass is 16.4. The van der Waals surface area contributed by atoms with Gasteiger partial charge < -0.3 is 15.1 Å². The lowest BCUT2D eigenvalue weighted by Crippen LogP contribution is -2.48. The molecule has 0 aliphatic carbocycles. The summed E-state index contributed by atoms with van der Waals surface area (Å²) in [5.41, 5.74) is 1.09. The van der Waals surface area contributed by atoms with Crippen LogP contribution in [0.4, 0.5) is 0 Å². The first-order chi connectivity index (χ1) is 13.9. The highest BCUT2D eigenvalue weighted by Gasteiger charge is 2.21. The SMILES string of the molecule is CCNC(=NCc1ncc(C(C)(C)C)o1)NC1CCN(Cc2ccccn2)CC1. The molecule has 0 aromatic carbocycles. The van der Waals surface area contributed by atoms with Gasteiger partial charge in [0.25, 0.3) is 0 Å².